The largest absolute Gasteiger partial charge is 0.493 e. The molecule has 0 spiro atoms. The number of thiazole rings is 1. The van der Waals surface area contributed by atoms with Gasteiger partial charge in [0.05, 0.1) is 11.8 Å². The predicted molar refractivity (Wildman–Crippen MR) is 66.4 cm³/mol. The van der Waals surface area contributed by atoms with E-state index in [1.165, 1.54) is 15.7 Å². The van der Waals surface area contributed by atoms with Gasteiger partial charge in [-0.2, -0.15) is 4.98 Å². The molecule has 0 bridgehead atoms. The Hall–Kier alpha value is -2.14. The van der Waals surface area contributed by atoms with Crippen molar-refractivity contribution in [2.45, 2.75) is 0 Å². The first-order valence-corrected chi connectivity index (χ1v) is 5.89. The van der Waals surface area contributed by atoms with E-state index < -0.39 is 0 Å². The number of benzene rings is 1. The Labute approximate surface area is 100 Å². The molecular formula is C12H8N2O2S. The maximum Gasteiger partial charge on any atom is 0.262 e. The van der Waals surface area contributed by atoms with E-state index in [1.54, 1.807) is 0 Å². The van der Waals surface area contributed by atoms with Crippen LogP contribution in [0.4, 0.5) is 0 Å². The fraction of sp³-hybridized carbons (Fsp3) is 0. The highest BCUT2D eigenvalue weighted by atomic mass is 32.1. The van der Waals surface area contributed by atoms with Crippen molar-refractivity contribution >= 4 is 16.3 Å². The molecule has 84 valence electrons. The summed E-state index contributed by atoms with van der Waals surface area (Å²) in [5, 5.41) is 11.1. The highest BCUT2D eigenvalue weighted by Crippen LogP contribution is 2.24. The zero-order valence-electron chi connectivity index (χ0n) is 8.70. The Bertz CT molecular complexity index is 731. The Kier molecular flexibility index (Phi) is 2.19. The molecule has 0 aliphatic carbocycles. The number of aromatic hydroxyl groups is 1. The van der Waals surface area contributed by atoms with Crippen LogP contribution in [-0.4, -0.2) is 14.5 Å². The van der Waals surface area contributed by atoms with E-state index in [-0.39, 0.29) is 11.4 Å². The lowest BCUT2D eigenvalue weighted by Gasteiger charge is -2.00. The second-order valence-corrected chi connectivity index (χ2v) is 4.39. The molecule has 2 aromatic heterocycles. The Morgan fingerprint density at radius 3 is 2.76 bits per heavy atom. The Morgan fingerprint density at radius 1 is 1.24 bits per heavy atom. The minimum absolute atomic E-state index is 0.239. The third kappa shape index (κ3) is 1.60. The van der Waals surface area contributed by atoms with Gasteiger partial charge in [-0.1, -0.05) is 30.3 Å². The summed E-state index contributed by atoms with van der Waals surface area (Å²) in [6.45, 7) is 0. The normalized spacial score (nSPS) is 10.8. The molecule has 0 fully saturated rings. The molecule has 2 heterocycles. The van der Waals surface area contributed by atoms with Gasteiger partial charge in [-0.15, -0.1) is 11.3 Å². The fourth-order valence-corrected chi connectivity index (χ4v) is 2.62. The number of nitrogens with zero attached hydrogens (tertiary/aromatic N) is 2. The van der Waals surface area contributed by atoms with E-state index in [4.69, 9.17) is 0 Å². The molecule has 0 saturated heterocycles. The molecule has 17 heavy (non-hydrogen) atoms. The average Bonchev–Trinajstić information content (AvgIpc) is 2.74. The van der Waals surface area contributed by atoms with Crippen LogP contribution in [0, 0.1) is 0 Å². The molecule has 1 aromatic carbocycles. The van der Waals surface area contributed by atoms with Crippen LogP contribution in [0.3, 0.4) is 0 Å². The monoisotopic (exact) mass is 244 g/mol. The zero-order chi connectivity index (χ0) is 11.8. The molecule has 0 radical (unpaired) electrons. The predicted octanol–water partition coefficient (Wildman–Crippen LogP) is 2.13. The maximum atomic E-state index is 11.8. The first-order chi connectivity index (χ1) is 8.25. The van der Waals surface area contributed by atoms with Crippen molar-refractivity contribution in [2.75, 3.05) is 0 Å². The molecule has 3 aromatic rings. The van der Waals surface area contributed by atoms with Crippen molar-refractivity contribution in [3.63, 3.8) is 0 Å². The lowest BCUT2D eigenvalue weighted by atomic mass is 10.2. The maximum absolute atomic E-state index is 11.8. The van der Waals surface area contributed by atoms with Crippen LogP contribution in [-0.2, 0) is 0 Å². The minimum Gasteiger partial charge on any atom is -0.493 e. The second-order valence-electron chi connectivity index (χ2n) is 3.56. The van der Waals surface area contributed by atoms with E-state index in [9.17, 15) is 9.90 Å². The van der Waals surface area contributed by atoms with Crippen LogP contribution in [0.15, 0.2) is 46.6 Å². The summed E-state index contributed by atoms with van der Waals surface area (Å²) in [4.78, 5) is 16.2. The van der Waals surface area contributed by atoms with Crippen molar-refractivity contribution in [2.24, 2.45) is 0 Å². The molecule has 1 N–H and O–H groups in total. The zero-order valence-corrected chi connectivity index (χ0v) is 9.52. The molecule has 3 rings (SSSR count). The van der Waals surface area contributed by atoms with Gasteiger partial charge in [0, 0.05) is 5.38 Å². The van der Waals surface area contributed by atoms with Crippen molar-refractivity contribution in [1.82, 2.24) is 9.38 Å². The standard InChI is InChI=1S/C12H8N2O2S/c15-10-6-11(16)14-9(7-17-12(14)13-10)8-4-2-1-3-5-8/h1-7,15H. The van der Waals surface area contributed by atoms with Gasteiger partial charge in [-0.05, 0) is 5.56 Å². The summed E-state index contributed by atoms with van der Waals surface area (Å²) in [5.74, 6) is -0.239. The second kappa shape index (κ2) is 3.71. The highest BCUT2D eigenvalue weighted by molar-refractivity contribution is 7.15. The van der Waals surface area contributed by atoms with E-state index in [2.05, 4.69) is 4.98 Å². The molecule has 4 nitrogen and oxygen atoms in total. The number of hydrogen-bond donors (Lipinski definition) is 1. The van der Waals surface area contributed by atoms with Gasteiger partial charge in [0.15, 0.2) is 4.96 Å². The van der Waals surface area contributed by atoms with Crippen LogP contribution in [0.5, 0.6) is 5.88 Å². The molecule has 0 atom stereocenters. The van der Waals surface area contributed by atoms with Crippen molar-refractivity contribution in [3.05, 3.63) is 52.1 Å². The minimum atomic E-state index is -0.271. The van der Waals surface area contributed by atoms with Gasteiger partial charge >= 0.3 is 0 Å². The summed E-state index contributed by atoms with van der Waals surface area (Å²) in [6.07, 6.45) is 0. The summed E-state index contributed by atoms with van der Waals surface area (Å²) in [6, 6.07) is 10.7. The van der Waals surface area contributed by atoms with Crippen molar-refractivity contribution < 1.29 is 5.11 Å². The fourth-order valence-electron chi connectivity index (χ4n) is 1.72. The Balaban J connectivity index is 2.37. The van der Waals surface area contributed by atoms with Crippen LogP contribution >= 0.6 is 11.3 Å². The van der Waals surface area contributed by atoms with E-state index >= 15 is 0 Å². The summed E-state index contributed by atoms with van der Waals surface area (Å²) in [7, 11) is 0. The van der Waals surface area contributed by atoms with Crippen LogP contribution in [0.2, 0.25) is 0 Å². The summed E-state index contributed by atoms with van der Waals surface area (Å²) >= 11 is 1.33. The van der Waals surface area contributed by atoms with Gasteiger partial charge in [0.2, 0.25) is 5.88 Å². The summed E-state index contributed by atoms with van der Waals surface area (Å²) < 4.78 is 1.50. The van der Waals surface area contributed by atoms with Gasteiger partial charge in [-0.3, -0.25) is 9.20 Å². The van der Waals surface area contributed by atoms with E-state index in [1.807, 2.05) is 35.7 Å². The highest BCUT2D eigenvalue weighted by Gasteiger charge is 2.09. The van der Waals surface area contributed by atoms with Gasteiger partial charge in [-0.25, -0.2) is 0 Å². The van der Waals surface area contributed by atoms with Crippen LogP contribution in [0.25, 0.3) is 16.2 Å². The number of aromatic nitrogens is 2. The molecule has 0 aliphatic heterocycles. The quantitative estimate of drug-likeness (QED) is 0.713. The number of hydrogen-bond acceptors (Lipinski definition) is 4. The molecule has 5 heteroatoms. The number of fused-ring (bicyclic) bond motifs is 1. The lowest BCUT2D eigenvalue weighted by Crippen LogP contribution is -2.12. The smallest absolute Gasteiger partial charge is 0.262 e. The lowest BCUT2D eigenvalue weighted by molar-refractivity contribution is 0.453. The first kappa shape index (κ1) is 10.0. The third-order valence-electron chi connectivity index (χ3n) is 2.46. The van der Waals surface area contributed by atoms with E-state index in [0.29, 0.717) is 4.96 Å². The van der Waals surface area contributed by atoms with Gasteiger partial charge in [0.1, 0.15) is 0 Å². The van der Waals surface area contributed by atoms with Crippen LogP contribution < -0.4 is 5.56 Å². The van der Waals surface area contributed by atoms with Gasteiger partial charge < -0.3 is 5.11 Å². The Morgan fingerprint density at radius 2 is 2.00 bits per heavy atom. The molecule has 0 unspecified atom stereocenters. The van der Waals surface area contributed by atoms with Crippen molar-refractivity contribution in [3.8, 4) is 17.1 Å². The third-order valence-corrected chi connectivity index (χ3v) is 3.29. The molecule has 0 aliphatic rings. The topological polar surface area (TPSA) is 54.6 Å². The van der Waals surface area contributed by atoms with E-state index in [0.717, 1.165) is 17.3 Å². The average molecular weight is 244 g/mol. The van der Waals surface area contributed by atoms with Gasteiger partial charge in [0.25, 0.3) is 5.56 Å². The van der Waals surface area contributed by atoms with Crippen molar-refractivity contribution in [1.29, 1.82) is 0 Å². The molecular weight excluding hydrogens is 236 g/mol. The summed E-state index contributed by atoms with van der Waals surface area (Å²) in [5.41, 5.74) is 1.48. The first-order valence-electron chi connectivity index (χ1n) is 5.01. The molecule has 0 amide bonds. The number of rotatable bonds is 1. The SMILES string of the molecule is O=c1cc(O)nc2scc(-c3ccccc3)n12. The van der Waals surface area contributed by atoms with Crippen LogP contribution in [0.1, 0.15) is 0 Å². The molecule has 0 saturated carbocycles.